The van der Waals surface area contributed by atoms with Crippen molar-refractivity contribution in [3.63, 3.8) is 0 Å². The SMILES string of the molecule is CN(C)c1ccc(C(O)(Cc2ccccc2)C2CC3CCNCCC32)cc1. The molecule has 1 aliphatic heterocycles. The highest BCUT2D eigenvalue weighted by Crippen LogP contribution is 2.54. The zero-order chi connectivity index (χ0) is 18.9. The van der Waals surface area contributed by atoms with Crippen molar-refractivity contribution in [1.29, 1.82) is 0 Å². The lowest BCUT2D eigenvalue weighted by atomic mass is 9.54. The molecule has 3 nitrogen and oxygen atoms in total. The molecule has 0 radical (unpaired) electrons. The molecule has 4 rings (SSSR count). The summed E-state index contributed by atoms with van der Waals surface area (Å²) in [5, 5.41) is 15.6. The minimum absolute atomic E-state index is 0.341. The van der Waals surface area contributed by atoms with E-state index >= 15 is 0 Å². The summed E-state index contributed by atoms with van der Waals surface area (Å²) in [5.74, 6) is 1.74. The maximum atomic E-state index is 12.1. The highest BCUT2D eigenvalue weighted by Gasteiger charge is 2.52. The average Bonchev–Trinajstić information content (AvgIpc) is 2.84. The molecule has 0 spiro atoms. The first-order valence-corrected chi connectivity index (χ1v) is 10.3. The third-order valence-electron chi connectivity index (χ3n) is 6.84. The van der Waals surface area contributed by atoms with Gasteiger partial charge in [0.15, 0.2) is 0 Å². The van der Waals surface area contributed by atoms with Crippen LogP contribution in [0.3, 0.4) is 0 Å². The zero-order valence-electron chi connectivity index (χ0n) is 16.6. The summed E-state index contributed by atoms with van der Waals surface area (Å²) in [4.78, 5) is 2.11. The molecule has 27 heavy (non-hydrogen) atoms. The molecule has 2 fully saturated rings. The Morgan fingerprint density at radius 3 is 2.41 bits per heavy atom. The Labute approximate surface area is 163 Å². The molecule has 0 amide bonds. The summed E-state index contributed by atoms with van der Waals surface area (Å²) >= 11 is 0. The molecule has 1 aliphatic carbocycles. The van der Waals surface area contributed by atoms with Crippen LogP contribution >= 0.6 is 0 Å². The molecule has 2 aliphatic rings. The average molecular weight is 365 g/mol. The van der Waals surface area contributed by atoms with E-state index in [1.165, 1.54) is 24.1 Å². The van der Waals surface area contributed by atoms with Gasteiger partial charge < -0.3 is 15.3 Å². The minimum atomic E-state index is -0.794. The Hall–Kier alpha value is -1.84. The number of nitrogens with one attached hydrogen (secondary N) is 1. The molecule has 4 unspecified atom stereocenters. The third kappa shape index (κ3) is 3.63. The van der Waals surface area contributed by atoms with Crippen LogP contribution in [0.25, 0.3) is 0 Å². The fourth-order valence-corrected chi connectivity index (χ4v) is 5.21. The fraction of sp³-hybridized carbons (Fsp3) is 0.500. The molecule has 1 saturated heterocycles. The second kappa shape index (κ2) is 7.65. The smallest absolute Gasteiger partial charge is 0.0967 e. The number of hydrogen-bond donors (Lipinski definition) is 2. The molecule has 3 heteroatoms. The molecule has 2 N–H and O–H groups in total. The van der Waals surface area contributed by atoms with Gasteiger partial charge in [-0.3, -0.25) is 0 Å². The quantitative estimate of drug-likeness (QED) is 0.847. The van der Waals surface area contributed by atoms with Gasteiger partial charge in [-0.2, -0.15) is 0 Å². The molecule has 2 aromatic carbocycles. The van der Waals surface area contributed by atoms with Crippen LogP contribution in [0.1, 0.15) is 30.4 Å². The summed E-state index contributed by atoms with van der Waals surface area (Å²) in [6.07, 6.45) is 4.27. The van der Waals surface area contributed by atoms with E-state index < -0.39 is 5.60 Å². The van der Waals surface area contributed by atoms with Crippen molar-refractivity contribution in [3.05, 3.63) is 65.7 Å². The lowest BCUT2D eigenvalue weighted by Gasteiger charge is -2.52. The first-order valence-electron chi connectivity index (χ1n) is 10.3. The number of aliphatic hydroxyl groups is 1. The number of hydrogen-bond acceptors (Lipinski definition) is 3. The zero-order valence-corrected chi connectivity index (χ0v) is 16.6. The molecule has 2 aromatic rings. The van der Waals surface area contributed by atoms with Crippen molar-refractivity contribution >= 4 is 5.69 Å². The van der Waals surface area contributed by atoms with Crippen molar-refractivity contribution in [2.45, 2.75) is 31.3 Å². The van der Waals surface area contributed by atoms with Crippen LogP contribution in [-0.4, -0.2) is 32.3 Å². The van der Waals surface area contributed by atoms with Crippen LogP contribution in [0.2, 0.25) is 0 Å². The van der Waals surface area contributed by atoms with Crippen molar-refractivity contribution in [3.8, 4) is 0 Å². The van der Waals surface area contributed by atoms with E-state index in [0.717, 1.165) is 31.0 Å². The van der Waals surface area contributed by atoms with Gasteiger partial charge in [0.1, 0.15) is 0 Å². The largest absolute Gasteiger partial charge is 0.385 e. The Balaban J connectivity index is 1.66. The van der Waals surface area contributed by atoms with Gasteiger partial charge in [-0.25, -0.2) is 0 Å². The number of anilines is 1. The van der Waals surface area contributed by atoms with Gasteiger partial charge in [0, 0.05) is 26.2 Å². The lowest BCUT2D eigenvalue weighted by molar-refractivity contribution is -0.119. The minimum Gasteiger partial charge on any atom is -0.385 e. The van der Waals surface area contributed by atoms with Crippen molar-refractivity contribution in [1.82, 2.24) is 5.32 Å². The van der Waals surface area contributed by atoms with E-state index in [-0.39, 0.29) is 0 Å². The number of benzene rings is 2. The van der Waals surface area contributed by atoms with E-state index in [9.17, 15) is 5.11 Å². The van der Waals surface area contributed by atoms with Gasteiger partial charge in [0.2, 0.25) is 0 Å². The molecule has 0 bridgehead atoms. The molecule has 0 aromatic heterocycles. The van der Waals surface area contributed by atoms with Crippen LogP contribution in [0.4, 0.5) is 5.69 Å². The number of fused-ring (bicyclic) bond motifs is 1. The normalized spacial score (nSPS) is 27.0. The van der Waals surface area contributed by atoms with Crippen LogP contribution in [0.5, 0.6) is 0 Å². The Kier molecular flexibility index (Phi) is 5.25. The monoisotopic (exact) mass is 364 g/mol. The summed E-state index contributed by atoms with van der Waals surface area (Å²) in [6, 6.07) is 19.0. The van der Waals surface area contributed by atoms with Crippen molar-refractivity contribution in [2.75, 3.05) is 32.1 Å². The molecule has 1 heterocycles. The van der Waals surface area contributed by atoms with E-state index in [2.05, 4.69) is 72.8 Å². The Morgan fingerprint density at radius 1 is 1.00 bits per heavy atom. The highest BCUT2D eigenvalue weighted by molar-refractivity contribution is 5.47. The summed E-state index contributed by atoms with van der Waals surface area (Å²) in [5.41, 5.74) is 2.66. The van der Waals surface area contributed by atoms with Gasteiger partial charge in [-0.15, -0.1) is 0 Å². The Bertz CT molecular complexity index is 743. The van der Waals surface area contributed by atoms with Crippen molar-refractivity contribution in [2.24, 2.45) is 17.8 Å². The molecular formula is C24H32N2O. The van der Waals surface area contributed by atoms with Gasteiger partial charge >= 0.3 is 0 Å². The first kappa shape index (κ1) is 18.5. The predicted molar refractivity (Wildman–Crippen MR) is 112 cm³/mol. The lowest BCUT2D eigenvalue weighted by Crippen LogP contribution is -2.51. The maximum Gasteiger partial charge on any atom is 0.0967 e. The highest BCUT2D eigenvalue weighted by atomic mass is 16.3. The van der Waals surface area contributed by atoms with Gasteiger partial charge in [-0.1, -0.05) is 42.5 Å². The first-order chi connectivity index (χ1) is 13.1. The van der Waals surface area contributed by atoms with E-state index in [1.807, 2.05) is 6.07 Å². The van der Waals surface area contributed by atoms with Crippen LogP contribution in [0.15, 0.2) is 54.6 Å². The third-order valence-corrected chi connectivity index (χ3v) is 6.84. The summed E-state index contributed by atoms with van der Waals surface area (Å²) in [6.45, 7) is 2.21. The standard InChI is InChI=1S/C24H32N2O/c1-26(2)21-10-8-20(9-11-21)24(27,17-18-6-4-3-5-7-18)23-16-19-12-14-25-15-13-22(19)23/h3-11,19,22-23,25,27H,12-17H2,1-2H3. The number of rotatable bonds is 5. The molecule has 1 saturated carbocycles. The van der Waals surface area contributed by atoms with E-state index in [1.54, 1.807) is 0 Å². The van der Waals surface area contributed by atoms with E-state index in [0.29, 0.717) is 18.3 Å². The van der Waals surface area contributed by atoms with Crippen LogP contribution < -0.4 is 10.2 Å². The number of nitrogens with zero attached hydrogens (tertiary/aromatic N) is 1. The molecule has 144 valence electrons. The van der Waals surface area contributed by atoms with Crippen LogP contribution in [0, 0.1) is 17.8 Å². The van der Waals surface area contributed by atoms with Gasteiger partial charge in [0.25, 0.3) is 0 Å². The summed E-state index contributed by atoms with van der Waals surface area (Å²) in [7, 11) is 4.11. The summed E-state index contributed by atoms with van der Waals surface area (Å²) < 4.78 is 0. The second-order valence-electron chi connectivity index (χ2n) is 8.62. The van der Waals surface area contributed by atoms with Gasteiger partial charge in [-0.05, 0) is 73.4 Å². The Morgan fingerprint density at radius 2 is 1.70 bits per heavy atom. The molecule has 4 atom stereocenters. The van der Waals surface area contributed by atoms with Gasteiger partial charge in [0.05, 0.1) is 5.60 Å². The topological polar surface area (TPSA) is 35.5 Å². The molecular weight excluding hydrogens is 332 g/mol. The van der Waals surface area contributed by atoms with E-state index in [4.69, 9.17) is 0 Å². The predicted octanol–water partition coefficient (Wildman–Crippen LogP) is 3.82. The fourth-order valence-electron chi connectivity index (χ4n) is 5.21. The second-order valence-corrected chi connectivity index (χ2v) is 8.62. The maximum absolute atomic E-state index is 12.1. The van der Waals surface area contributed by atoms with Crippen LogP contribution in [-0.2, 0) is 12.0 Å². The van der Waals surface area contributed by atoms with Crippen molar-refractivity contribution < 1.29 is 5.11 Å².